The van der Waals surface area contributed by atoms with E-state index in [1.165, 1.54) is 16.7 Å². The van der Waals surface area contributed by atoms with E-state index in [1.807, 2.05) is 12.1 Å². The van der Waals surface area contributed by atoms with E-state index in [-0.39, 0.29) is 0 Å². The highest BCUT2D eigenvalue weighted by Gasteiger charge is 2.20. The monoisotopic (exact) mass is 269 g/mol. The van der Waals surface area contributed by atoms with Crippen LogP contribution in [0.2, 0.25) is 0 Å². The molecular weight excluding hydrogens is 254 g/mol. The lowest BCUT2D eigenvalue weighted by Crippen LogP contribution is -2.29. The molecule has 0 aliphatic carbocycles. The Morgan fingerprint density at radius 3 is 2.75 bits per heavy atom. The maximum atomic E-state index is 11.6. The number of rotatable bonds is 2. The minimum atomic E-state index is -0.422. The lowest BCUT2D eigenvalue weighted by atomic mass is 9.97. The molecule has 2 aromatic carbocycles. The van der Waals surface area contributed by atoms with Gasteiger partial charge in [-0.2, -0.15) is 0 Å². The van der Waals surface area contributed by atoms with Crippen molar-refractivity contribution >= 4 is 5.97 Å². The Bertz CT molecular complexity index is 679. The highest BCUT2D eigenvalue weighted by molar-refractivity contribution is 5.93. The van der Waals surface area contributed by atoms with Crippen LogP contribution in [0.25, 0.3) is 0 Å². The second-order valence-electron chi connectivity index (χ2n) is 5.01. The van der Waals surface area contributed by atoms with Gasteiger partial charge in [-0.05, 0) is 49.1 Å². The van der Waals surface area contributed by atoms with Gasteiger partial charge in [-0.15, -0.1) is 0 Å². The maximum absolute atomic E-state index is 11.6. The standard InChI is InChI=1S/C16H15NO3/c1-10-3-4-11(2)13(7-10)8-12-5-6-15-14(9-12)16(18)20-17-19-15/h3-7,9,17H,8H2,1-2H3. The van der Waals surface area contributed by atoms with E-state index >= 15 is 0 Å². The minimum Gasteiger partial charge on any atom is -0.373 e. The summed E-state index contributed by atoms with van der Waals surface area (Å²) in [6.07, 6.45) is 0.779. The minimum absolute atomic E-state index is 0.422. The third-order valence-corrected chi connectivity index (χ3v) is 3.45. The maximum Gasteiger partial charge on any atom is 0.364 e. The number of hydrogen-bond acceptors (Lipinski definition) is 4. The van der Waals surface area contributed by atoms with Gasteiger partial charge >= 0.3 is 5.97 Å². The van der Waals surface area contributed by atoms with Crippen molar-refractivity contribution in [3.63, 3.8) is 0 Å². The number of aryl methyl sites for hydroxylation is 2. The third kappa shape index (κ3) is 2.38. The van der Waals surface area contributed by atoms with Crippen LogP contribution in [-0.4, -0.2) is 5.97 Å². The fourth-order valence-corrected chi connectivity index (χ4v) is 2.30. The van der Waals surface area contributed by atoms with E-state index < -0.39 is 5.97 Å². The van der Waals surface area contributed by atoms with Crippen LogP contribution in [-0.2, 0) is 11.3 Å². The van der Waals surface area contributed by atoms with Crippen LogP contribution < -0.4 is 10.5 Å². The van der Waals surface area contributed by atoms with Gasteiger partial charge in [0, 0.05) is 5.64 Å². The molecule has 0 amide bonds. The number of nitrogens with one attached hydrogen (secondary N) is 1. The van der Waals surface area contributed by atoms with Crippen molar-refractivity contribution in [1.29, 1.82) is 0 Å². The van der Waals surface area contributed by atoms with Gasteiger partial charge in [0.25, 0.3) is 0 Å². The van der Waals surface area contributed by atoms with Crippen LogP contribution in [0.3, 0.4) is 0 Å². The zero-order chi connectivity index (χ0) is 14.1. The van der Waals surface area contributed by atoms with Gasteiger partial charge in [0.1, 0.15) is 5.56 Å². The summed E-state index contributed by atoms with van der Waals surface area (Å²) in [7, 11) is 0. The fourth-order valence-electron chi connectivity index (χ4n) is 2.30. The molecule has 3 rings (SSSR count). The lowest BCUT2D eigenvalue weighted by Gasteiger charge is -2.16. The zero-order valence-corrected chi connectivity index (χ0v) is 11.4. The molecule has 1 aliphatic rings. The van der Waals surface area contributed by atoms with E-state index in [0.717, 1.165) is 12.0 Å². The largest absolute Gasteiger partial charge is 0.373 e. The average molecular weight is 269 g/mol. The number of carbonyl (C=O) groups excluding carboxylic acids is 1. The van der Waals surface area contributed by atoms with Crippen LogP contribution >= 0.6 is 0 Å². The Morgan fingerprint density at radius 1 is 1.05 bits per heavy atom. The summed E-state index contributed by atoms with van der Waals surface area (Å²) >= 11 is 0. The van der Waals surface area contributed by atoms with Crippen LogP contribution in [0.15, 0.2) is 36.4 Å². The fraction of sp³-hybridized carbons (Fsp3) is 0.188. The molecule has 0 spiro atoms. The van der Waals surface area contributed by atoms with E-state index in [2.05, 4.69) is 42.5 Å². The highest BCUT2D eigenvalue weighted by Crippen LogP contribution is 2.25. The van der Waals surface area contributed by atoms with Crippen molar-refractivity contribution in [3.05, 3.63) is 64.2 Å². The summed E-state index contributed by atoms with van der Waals surface area (Å²) in [6.45, 7) is 4.17. The molecule has 2 aromatic rings. The molecule has 0 saturated heterocycles. The Labute approximate surface area is 117 Å². The van der Waals surface area contributed by atoms with Crippen molar-refractivity contribution in [1.82, 2.24) is 5.64 Å². The number of benzene rings is 2. The molecule has 1 aliphatic heterocycles. The van der Waals surface area contributed by atoms with Crippen molar-refractivity contribution in [2.45, 2.75) is 20.3 Å². The number of carbonyl (C=O) groups is 1. The van der Waals surface area contributed by atoms with Gasteiger partial charge in [0.15, 0.2) is 5.75 Å². The molecule has 0 bridgehead atoms. The molecule has 0 atom stereocenters. The summed E-state index contributed by atoms with van der Waals surface area (Å²) in [5, 5.41) is 0. The second kappa shape index (κ2) is 4.98. The van der Waals surface area contributed by atoms with Gasteiger partial charge < -0.3 is 9.68 Å². The van der Waals surface area contributed by atoms with Crippen molar-refractivity contribution in [2.24, 2.45) is 0 Å². The lowest BCUT2D eigenvalue weighted by molar-refractivity contribution is -0.0810. The first-order valence-corrected chi connectivity index (χ1v) is 6.45. The normalized spacial score (nSPS) is 13.4. The predicted molar refractivity (Wildman–Crippen MR) is 74.3 cm³/mol. The van der Waals surface area contributed by atoms with Crippen LogP contribution in [0.5, 0.6) is 5.75 Å². The Morgan fingerprint density at radius 2 is 1.90 bits per heavy atom. The van der Waals surface area contributed by atoms with Gasteiger partial charge in [0.05, 0.1) is 0 Å². The highest BCUT2D eigenvalue weighted by atomic mass is 16.9. The molecule has 0 fully saturated rings. The first-order valence-electron chi connectivity index (χ1n) is 6.45. The van der Waals surface area contributed by atoms with Crippen molar-refractivity contribution in [2.75, 3.05) is 0 Å². The van der Waals surface area contributed by atoms with Crippen LogP contribution in [0.1, 0.15) is 32.6 Å². The smallest absolute Gasteiger partial charge is 0.364 e. The quantitative estimate of drug-likeness (QED) is 0.910. The summed E-state index contributed by atoms with van der Waals surface area (Å²) in [6, 6.07) is 11.9. The number of fused-ring (bicyclic) bond motifs is 1. The topological polar surface area (TPSA) is 47.6 Å². The van der Waals surface area contributed by atoms with Crippen LogP contribution in [0, 0.1) is 13.8 Å². The summed E-state index contributed by atoms with van der Waals surface area (Å²) in [5.74, 6) is 0.0695. The van der Waals surface area contributed by atoms with Gasteiger partial charge in [-0.1, -0.05) is 29.8 Å². The molecule has 0 radical (unpaired) electrons. The molecule has 4 nitrogen and oxygen atoms in total. The Hall–Kier alpha value is -2.33. The molecule has 4 heteroatoms. The molecule has 1 N–H and O–H groups in total. The first kappa shape index (κ1) is 12.7. The second-order valence-corrected chi connectivity index (χ2v) is 5.01. The van der Waals surface area contributed by atoms with Crippen LogP contribution in [0.4, 0.5) is 0 Å². The Balaban J connectivity index is 1.93. The van der Waals surface area contributed by atoms with Gasteiger partial charge in [-0.25, -0.2) is 4.79 Å². The number of hydrogen-bond donors (Lipinski definition) is 1. The van der Waals surface area contributed by atoms with E-state index in [1.54, 1.807) is 6.07 Å². The van der Waals surface area contributed by atoms with Crippen molar-refractivity contribution in [3.8, 4) is 5.75 Å². The molecule has 20 heavy (non-hydrogen) atoms. The molecule has 102 valence electrons. The molecule has 0 unspecified atom stereocenters. The first-order chi connectivity index (χ1) is 9.63. The molecule has 1 heterocycles. The van der Waals surface area contributed by atoms with E-state index in [4.69, 9.17) is 4.84 Å². The molecular formula is C16H15NO3. The summed E-state index contributed by atoms with van der Waals surface area (Å²) < 4.78 is 0. The van der Waals surface area contributed by atoms with E-state index in [9.17, 15) is 4.79 Å². The summed E-state index contributed by atoms with van der Waals surface area (Å²) in [5.41, 5.74) is 7.37. The average Bonchev–Trinajstić information content (AvgIpc) is 2.44. The molecule has 0 aromatic heterocycles. The zero-order valence-electron chi connectivity index (χ0n) is 11.4. The van der Waals surface area contributed by atoms with Gasteiger partial charge in [0.2, 0.25) is 0 Å². The predicted octanol–water partition coefficient (Wildman–Crippen LogP) is 2.86. The summed E-state index contributed by atoms with van der Waals surface area (Å²) in [4.78, 5) is 21.3. The van der Waals surface area contributed by atoms with Crippen molar-refractivity contribution < 1.29 is 14.5 Å². The SMILES string of the molecule is Cc1ccc(C)c(Cc2ccc3c(c2)C(=O)ONO3)c1. The third-order valence-electron chi connectivity index (χ3n) is 3.45. The molecule has 0 saturated carbocycles. The van der Waals surface area contributed by atoms with Gasteiger partial charge in [-0.3, -0.25) is 0 Å². The van der Waals surface area contributed by atoms with E-state index in [0.29, 0.717) is 11.3 Å². The Kier molecular flexibility index (Phi) is 3.16.